The van der Waals surface area contributed by atoms with E-state index in [4.69, 9.17) is 10.00 Å². The van der Waals surface area contributed by atoms with Gasteiger partial charge in [-0.2, -0.15) is 9.65 Å². The number of amides is 2. The molecule has 11 nitrogen and oxygen atoms in total. The van der Waals surface area contributed by atoms with Crippen LogP contribution in [0.25, 0.3) is 16.9 Å². The zero-order chi connectivity index (χ0) is 32.2. The van der Waals surface area contributed by atoms with E-state index in [-0.39, 0.29) is 29.0 Å². The molecular weight excluding hydrogens is 594 g/mol. The zero-order valence-electron chi connectivity index (χ0n) is 25.4. The molecule has 6 rings (SSSR count). The number of rotatable bonds is 8. The van der Waals surface area contributed by atoms with Crippen LogP contribution in [0.1, 0.15) is 35.7 Å². The maximum atomic E-state index is 15.0. The molecule has 0 bridgehead atoms. The number of hydrogen-bond donors (Lipinski definition) is 2. The number of carbonyl (C=O) groups excluding carboxylic acids is 2. The smallest absolute Gasteiger partial charge is 0.254 e. The SMILES string of the molecule is CCc1cc(Nc2nccn3c(-c4ccc(OCC#N)c(F)c4F)cnc23)ccc1C(=O)N1CCN(C(=O)C2CCNCC2)CC1. The molecule has 4 aromatic rings. The van der Waals surface area contributed by atoms with Gasteiger partial charge < -0.3 is 25.2 Å². The topological polar surface area (TPSA) is 128 Å². The molecule has 238 valence electrons. The number of nitriles is 1. The van der Waals surface area contributed by atoms with Crippen molar-refractivity contribution in [3.63, 3.8) is 0 Å². The average molecular weight is 629 g/mol. The highest BCUT2D eigenvalue weighted by Gasteiger charge is 2.30. The summed E-state index contributed by atoms with van der Waals surface area (Å²) in [5, 5.41) is 15.2. The molecule has 0 saturated carbocycles. The Bertz CT molecular complexity index is 1810. The van der Waals surface area contributed by atoms with Gasteiger partial charge in [0.15, 0.2) is 29.6 Å². The molecule has 0 atom stereocenters. The van der Waals surface area contributed by atoms with E-state index in [0.29, 0.717) is 61.0 Å². The molecule has 2 aliphatic rings. The van der Waals surface area contributed by atoms with Gasteiger partial charge in [0.1, 0.15) is 6.07 Å². The molecule has 2 aliphatic heterocycles. The molecule has 13 heteroatoms. The molecule has 0 spiro atoms. The highest BCUT2D eigenvalue weighted by Crippen LogP contribution is 2.32. The summed E-state index contributed by atoms with van der Waals surface area (Å²) >= 11 is 0. The number of halogens is 2. The van der Waals surface area contributed by atoms with E-state index >= 15 is 4.39 Å². The van der Waals surface area contributed by atoms with E-state index in [0.717, 1.165) is 31.5 Å². The van der Waals surface area contributed by atoms with Crippen LogP contribution in [0.2, 0.25) is 0 Å². The number of piperidine rings is 1. The maximum Gasteiger partial charge on any atom is 0.254 e. The van der Waals surface area contributed by atoms with E-state index in [1.807, 2.05) is 22.8 Å². The molecule has 4 heterocycles. The van der Waals surface area contributed by atoms with Crippen molar-refractivity contribution in [1.82, 2.24) is 29.5 Å². The predicted molar refractivity (Wildman–Crippen MR) is 167 cm³/mol. The van der Waals surface area contributed by atoms with Crippen molar-refractivity contribution in [3.05, 3.63) is 71.7 Å². The Morgan fingerprint density at radius 2 is 1.83 bits per heavy atom. The van der Waals surface area contributed by atoms with Crippen LogP contribution in [0.3, 0.4) is 0 Å². The molecule has 2 fully saturated rings. The van der Waals surface area contributed by atoms with Crippen molar-refractivity contribution >= 4 is 29.0 Å². The van der Waals surface area contributed by atoms with Crippen LogP contribution in [0.5, 0.6) is 5.75 Å². The number of imidazole rings is 1. The van der Waals surface area contributed by atoms with Crippen LogP contribution in [0, 0.1) is 28.9 Å². The van der Waals surface area contributed by atoms with Crippen molar-refractivity contribution in [3.8, 4) is 23.1 Å². The van der Waals surface area contributed by atoms with Crippen LogP contribution in [0.15, 0.2) is 48.9 Å². The maximum absolute atomic E-state index is 15.0. The van der Waals surface area contributed by atoms with Gasteiger partial charge in [-0.3, -0.25) is 14.0 Å². The first-order valence-electron chi connectivity index (χ1n) is 15.4. The Hall–Kier alpha value is -5.09. The summed E-state index contributed by atoms with van der Waals surface area (Å²) in [7, 11) is 0. The molecule has 0 radical (unpaired) electrons. The molecule has 2 saturated heterocycles. The summed E-state index contributed by atoms with van der Waals surface area (Å²) in [6.07, 6.45) is 6.88. The quantitative estimate of drug-likeness (QED) is 0.298. The number of benzene rings is 2. The van der Waals surface area contributed by atoms with Crippen molar-refractivity contribution in [2.24, 2.45) is 5.92 Å². The Labute approximate surface area is 264 Å². The summed E-state index contributed by atoms with van der Waals surface area (Å²) in [5.41, 5.74) is 2.82. The summed E-state index contributed by atoms with van der Waals surface area (Å²) in [4.78, 5) is 39.0. The Morgan fingerprint density at radius 1 is 1.07 bits per heavy atom. The Morgan fingerprint density at radius 3 is 2.57 bits per heavy atom. The Balaban J connectivity index is 1.17. The van der Waals surface area contributed by atoms with Crippen molar-refractivity contribution in [2.75, 3.05) is 51.2 Å². The highest BCUT2D eigenvalue weighted by atomic mass is 19.2. The number of piperazine rings is 1. The lowest BCUT2D eigenvalue weighted by molar-refractivity contribution is -0.137. The normalized spacial score (nSPS) is 15.5. The summed E-state index contributed by atoms with van der Waals surface area (Å²) in [6, 6.07) is 9.86. The first kappa shape index (κ1) is 30.9. The van der Waals surface area contributed by atoms with E-state index in [1.54, 1.807) is 28.8 Å². The minimum absolute atomic E-state index is 0.0286. The fourth-order valence-corrected chi connectivity index (χ4v) is 6.09. The van der Waals surface area contributed by atoms with Crippen molar-refractivity contribution in [2.45, 2.75) is 26.2 Å². The molecule has 2 aromatic heterocycles. The van der Waals surface area contributed by atoms with Crippen LogP contribution in [-0.4, -0.2) is 81.9 Å². The van der Waals surface area contributed by atoms with Gasteiger partial charge in [-0.15, -0.1) is 0 Å². The second kappa shape index (κ2) is 13.5. The van der Waals surface area contributed by atoms with Gasteiger partial charge in [0, 0.05) is 61.3 Å². The lowest BCUT2D eigenvalue weighted by atomic mass is 9.96. The van der Waals surface area contributed by atoms with E-state index < -0.39 is 18.2 Å². The molecular formula is C33H34F2N8O3. The number of aryl methyl sites for hydroxylation is 1. The Kier molecular flexibility index (Phi) is 9.07. The summed E-state index contributed by atoms with van der Waals surface area (Å²) in [6.45, 7) is 5.37. The van der Waals surface area contributed by atoms with Gasteiger partial charge in [-0.1, -0.05) is 6.92 Å². The summed E-state index contributed by atoms with van der Waals surface area (Å²) in [5.74, 6) is -2.07. The van der Waals surface area contributed by atoms with E-state index in [1.165, 1.54) is 24.5 Å². The number of fused-ring (bicyclic) bond motifs is 1. The van der Waals surface area contributed by atoms with E-state index in [2.05, 4.69) is 20.6 Å². The fraction of sp³-hybridized carbons (Fsp3) is 0.364. The van der Waals surface area contributed by atoms with Crippen molar-refractivity contribution in [1.29, 1.82) is 5.26 Å². The molecule has 2 N–H and O–H groups in total. The second-order valence-electron chi connectivity index (χ2n) is 11.3. The third-order valence-electron chi connectivity index (χ3n) is 8.59. The average Bonchev–Trinajstić information content (AvgIpc) is 3.53. The number of hydrogen-bond acceptors (Lipinski definition) is 8. The molecule has 0 aliphatic carbocycles. The number of anilines is 2. The second-order valence-corrected chi connectivity index (χ2v) is 11.3. The zero-order valence-corrected chi connectivity index (χ0v) is 25.4. The van der Waals surface area contributed by atoms with Gasteiger partial charge in [-0.25, -0.2) is 14.4 Å². The molecule has 2 amide bonds. The van der Waals surface area contributed by atoms with Gasteiger partial charge in [0.25, 0.3) is 5.91 Å². The fourth-order valence-electron chi connectivity index (χ4n) is 6.09. The van der Waals surface area contributed by atoms with E-state index in [9.17, 15) is 14.0 Å². The summed E-state index contributed by atoms with van der Waals surface area (Å²) < 4.78 is 36.2. The molecule has 46 heavy (non-hydrogen) atoms. The monoisotopic (exact) mass is 628 g/mol. The van der Waals surface area contributed by atoms with Gasteiger partial charge in [0.2, 0.25) is 11.7 Å². The first-order valence-corrected chi connectivity index (χ1v) is 15.4. The number of nitrogens with zero attached hydrogens (tertiary/aromatic N) is 6. The van der Waals surface area contributed by atoms with Gasteiger partial charge in [-0.05, 0) is 68.2 Å². The van der Waals surface area contributed by atoms with Crippen LogP contribution >= 0.6 is 0 Å². The number of carbonyl (C=O) groups is 2. The van der Waals surface area contributed by atoms with Crippen molar-refractivity contribution < 1.29 is 23.1 Å². The third kappa shape index (κ3) is 6.08. The van der Waals surface area contributed by atoms with Crippen LogP contribution in [0.4, 0.5) is 20.3 Å². The minimum Gasteiger partial charge on any atom is -0.476 e. The number of aromatic nitrogens is 3. The highest BCUT2D eigenvalue weighted by molar-refractivity contribution is 5.96. The first-order chi connectivity index (χ1) is 22.4. The molecule has 2 aromatic carbocycles. The lowest BCUT2D eigenvalue weighted by Gasteiger charge is -2.37. The lowest BCUT2D eigenvalue weighted by Crippen LogP contribution is -2.52. The number of nitrogens with one attached hydrogen (secondary N) is 2. The molecule has 0 unspecified atom stereocenters. The minimum atomic E-state index is -1.19. The van der Waals surface area contributed by atoms with Gasteiger partial charge in [0.05, 0.1) is 11.9 Å². The largest absolute Gasteiger partial charge is 0.476 e. The standard InChI is InChI=1S/C33H34F2N8O3/c1-2-21-19-23(3-4-24(21)33(45)42-16-14-41(15-17-42)32(44)22-7-10-37-11-8-22)40-30-31-39-20-26(43(31)13-12-38-30)25-5-6-27(46-18-9-36)29(35)28(25)34/h3-6,12-13,19-20,22,37H,2,7-8,10-11,14-18H2,1H3,(H,38,40). The van der Waals surface area contributed by atoms with Crippen LogP contribution in [-0.2, 0) is 11.2 Å². The third-order valence-corrected chi connectivity index (χ3v) is 8.59. The predicted octanol–water partition coefficient (Wildman–Crippen LogP) is 4.17. The van der Waals surface area contributed by atoms with Crippen LogP contribution < -0.4 is 15.4 Å². The number of ether oxygens (including phenoxy) is 1. The van der Waals surface area contributed by atoms with Gasteiger partial charge >= 0.3 is 0 Å².